The number of benzene rings is 1. The van der Waals surface area contributed by atoms with E-state index in [0.717, 1.165) is 11.3 Å². The van der Waals surface area contributed by atoms with E-state index in [0.29, 0.717) is 6.42 Å². The van der Waals surface area contributed by atoms with Crippen LogP contribution in [0.2, 0.25) is 0 Å². The maximum atomic E-state index is 13.0. The molecule has 1 aromatic carbocycles. The molecule has 102 valence electrons. The van der Waals surface area contributed by atoms with Crippen molar-refractivity contribution >= 4 is 0 Å². The van der Waals surface area contributed by atoms with Crippen LogP contribution in [0.3, 0.4) is 0 Å². The largest absolute Gasteiger partial charge is 0.327 e. The summed E-state index contributed by atoms with van der Waals surface area (Å²) in [4.78, 5) is 0. The zero-order valence-electron chi connectivity index (χ0n) is 11.5. The highest BCUT2D eigenvalue weighted by atomic mass is 19.1. The van der Waals surface area contributed by atoms with E-state index in [2.05, 4.69) is 24.2 Å². The van der Waals surface area contributed by atoms with Crippen molar-refractivity contribution in [2.75, 3.05) is 0 Å². The molecular weight excluding hydrogens is 243 g/mol. The van der Waals surface area contributed by atoms with Crippen LogP contribution in [-0.2, 0) is 18.9 Å². The first-order valence-corrected chi connectivity index (χ1v) is 6.26. The minimum absolute atomic E-state index is 0.116. The van der Waals surface area contributed by atoms with Gasteiger partial charge < -0.3 is 5.73 Å². The van der Waals surface area contributed by atoms with Crippen molar-refractivity contribution < 1.29 is 4.39 Å². The fraction of sp³-hybridized carbons (Fsp3) is 0.429. The average molecular weight is 262 g/mol. The lowest BCUT2D eigenvalue weighted by molar-refractivity contribution is 0.403. The van der Waals surface area contributed by atoms with Crippen molar-refractivity contribution in [2.24, 2.45) is 12.8 Å². The standard InChI is InChI=1S/C14H19FN4/c1-14(2,10-4-6-11(15)7-5-10)13(16)8-12-9-19(3)18-17-12/h4-7,9,13H,8,16H2,1-3H3. The van der Waals surface area contributed by atoms with Crippen molar-refractivity contribution in [1.82, 2.24) is 15.0 Å². The molecule has 4 nitrogen and oxygen atoms in total. The maximum absolute atomic E-state index is 13.0. The summed E-state index contributed by atoms with van der Waals surface area (Å²) in [5, 5.41) is 7.95. The number of hydrogen-bond acceptors (Lipinski definition) is 3. The van der Waals surface area contributed by atoms with Gasteiger partial charge in [-0.25, -0.2) is 4.39 Å². The molecule has 5 heteroatoms. The Balaban J connectivity index is 2.16. The summed E-state index contributed by atoms with van der Waals surface area (Å²) in [6, 6.07) is 6.38. The molecule has 1 atom stereocenters. The van der Waals surface area contributed by atoms with Crippen molar-refractivity contribution in [3.8, 4) is 0 Å². The van der Waals surface area contributed by atoms with Gasteiger partial charge in [-0.2, -0.15) is 0 Å². The molecule has 0 amide bonds. The van der Waals surface area contributed by atoms with Gasteiger partial charge in [-0.3, -0.25) is 4.68 Å². The van der Waals surface area contributed by atoms with Crippen LogP contribution in [-0.4, -0.2) is 21.0 Å². The molecule has 1 unspecified atom stereocenters. The zero-order valence-corrected chi connectivity index (χ0v) is 11.5. The van der Waals surface area contributed by atoms with Crippen LogP contribution in [0, 0.1) is 5.82 Å². The Morgan fingerprint density at radius 3 is 2.47 bits per heavy atom. The van der Waals surface area contributed by atoms with Crippen LogP contribution in [0.15, 0.2) is 30.5 Å². The molecule has 0 bridgehead atoms. The Hall–Kier alpha value is -1.75. The number of nitrogens with zero attached hydrogens (tertiary/aromatic N) is 3. The van der Waals surface area contributed by atoms with E-state index in [1.54, 1.807) is 16.8 Å². The summed E-state index contributed by atoms with van der Waals surface area (Å²) >= 11 is 0. The molecule has 0 spiro atoms. The van der Waals surface area contributed by atoms with Crippen LogP contribution in [0.4, 0.5) is 4.39 Å². The van der Waals surface area contributed by atoms with E-state index in [1.807, 2.05) is 13.2 Å². The lowest BCUT2D eigenvalue weighted by Crippen LogP contribution is -2.42. The molecule has 0 aliphatic rings. The monoisotopic (exact) mass is 262 g/mol. The van der Waals surface area contributed by atoms with Crippen LogP contribution in [0.25, 0.3) is 0 Å². The Kier molecular flexibility index (Phi) is 3.66. The smallest absolute Gasteiger partial charge is 0.123 e. The highest BCUT2D eigenvalue weighted by molar-refractivity contribution is 5.26. The molecule has 0 aliphatic carbocycles. The summed E-state index contributed by atoms with van der Waals surface area (Å²) in [7, 11) is 1.83. The van der Waals surface area contributed by atoms with Gasteiger partial charge in [0.15, 0.2) is 0 Å². The Bertz CT molecular complexity index is 545. The number of rotatable bonds is 4. The van der Waals surface area contributed by atoms with Gasteiger partial charge >= 0.3 is 0 Å². The molecular formula is C14H19FN4. The minimum Gasteiger partial charge on any atom is -0.327 e. The van der Waals surface area contributed by atoms with Gasteiger partial charge in [0.25, 0.3) is 0 Å². The quantitative estimate of drug-likeness (QED) is 0.914. The second-order valence-corrected chi connectivity index (χ2v) is 5.42. The number of aromatic nitrogens is 3. The first-order valence-electron chi connectivity index (χ1n) is 6.26. The summed E-state index contributed by atoms with van der Waals surface area (Å²) in [6.45, 7) is 4.11. The van der Waals surface area contributed by atoms with Crippen molar-refractivity contribution in [2.45, 2.75) is 31.7 Å². The van der Waals surface area contributed by atoms with Crippen molar-refractivity contribution in [3.05, 3.63) is 47.5 Å². The molecule has 1 aromatic heterocycles. The summed E-state index contributed by atoms with van der Waals surface area (Å²) in [6.07, 6.45) is 2.50. The number of halogens is 1. The predicted octanol–water partition coefficient (Wildman–Crippen LogP) is 1.80. The summed E-state index contributed by atoms with van der Waals surface area (Å²) in [5.41, 5.74) is 7.92. The van der Waals surface area contributed by atoms with E-state index in [-0.39, 0.29) is 17.3 Å². The molecule has 2 aromatic rings. The highest BCUT2D eigenvalue weighted by Gasteiger charge is 2.29. The minimum atomic E-state index is -0.259. The Morgan fingerprint density at radius 1 is 1.32 bits per heavy atom. The third-order valence-electron chi connectivity index (χ3n) is 3.59. The molecule has 0 saturated carbocycles. The van der Waals surface area contributed by atoms with Crippen molar-refractivity contribution in [1.29, 1.82) is 0 Å². The average Bonchev–Trinajstić information content (AvgIpc) is 2.75. The fourth-order valence-corrected chi connectivity index (χ4v) is 2.06. The molecule has 2 N–H and O–H groups in total. The van der Waals surface area contributed by atoms with Gasteiger partial charge in [0, 0.05) is 31.1 Å². The molecule has 1 heterocycles. The van der Waals surface area contributed by atoms with Crippen LogP contribution in [0.1, 0.15) is 25.1 Å². The number of hydrogen-bond donors (Lipinski definition) is 1. The molecule has 0 radical (unpaired) electrons. The zero-order chi connectivity index (χ0) is 14.0. The fourth-order valence-electron chi connectivity index (χ4n) is 2.06. The Labute approximate surface area is 112 Å². The first-order chi connectivity index (χ1) is 8.89. The highest BCUT2D eigenvalue weighted by Crippen LogP contribution is 2.27. The predicted molar refractivity (Wildman–Crippen MR) is 72.1 cm³/mol. The third-order valence-corrected chi connectivity index (χ3v) is 3.59. The molecule has 0 aliphatic heterocycles. The maximum Gasteiger partial charge on any atom is 0.123 e. The van der Waals surface area contributed by atoms with Crippen LogP contribution in [0.5, 0.6) is 0 Å². The van der Waals surface area contributed by atoms with Crippen LogP contribution < -0.4 is 5.73 Å². The van der Waals surface area contributed by atoms with Gasteiger partial charge in [-0.15, -0.1) is 5.10 Å². The lowest BCUT2D eigenvalue weighted by atomic mass is 9.76. The molecule has 0 saturated heterocycles. The van der Waals surface area contributed by atoms with Gasteiger partial charge in [-0.05, 0) is 17.7 Å². The van der Waals surface area contributed by atoms with Crippen LogP contribution >= 0.6 is 0 Å². The summed E-state index contributed by atoms with van der Waals surface area (Å²) < 4.78 is 14.6. The van der Waals surface area contributed by atoms with E-state index in [4.69, 9.17) is 5.73 Å². The van der Waals surface area contributed by atoms with E-state index < -0.39 is 0 Å². The Morgan fingerprint density at radius 2 is 1.95 bits per heavy atom. The van der Waals surface area contributed by atoms with Gasteiger partial charge in [0.2, 0.25) is 0 Å². The second-order valence-electron chi connectivity index (χ2n) is 5.42. The normalized spacial score (nSPS) is 13.5. The third kappa shape index (κ3) is 2.98. The number of nitrogens with two attached hydrogens (primary N) is 1. The van der Waals surface area contributed by atoms with E-state index in [9.17, 15) is 4.39 Å². The summed E-state index contributed by atoms with van der Waals surface area (Å²) in [5.74, 6) is -0.234. The van der Waals surface area contributed by atoms with E-state index >= 15 is 0 Å². The first kappa shape index (κ1) is 13.7. The topological polar surface area (TPSA) is 56.7 Å². The van der Waals surface area contributed by atoms with E-state index in [1.165, 1.54) is 12.1 Å². The molecule has 2 rings (SSSR count). The SMILES string of the molecule is Cn1cc(CC(N)C(C)(C)c2ccc(F)cc2)nn1. The molecule has 0 fully saturated rings. The lowest BCUT2D eigenvalue weighted by Gasteiger charge is -2.31. The van der Waals surface area contributed by atoms with Gasteiger partial charge in [0.1, 0.15) is 5.82 Å². The number of aryl methyl sites for hydroxylation is 1. The second kappa shape index (κ2) is 5.09. The van der Waals surface area contributed by atoms with Gasteiger partial charge in [-0.1, -0.05) is 31.2 Å². The molecule has 19 heavy (non-hydrogen) atoms. The van der Waals surface area contributed by atoms with Gasteiger partial charge in [0.05, 0.1) is 5.69 Å². The van der Waals surface area contributed by atoms with Crippen molar-refractivity contribution in [3.63, 3.8) is 0 Å².